The number of carbonyl (C=O) groups is 3. The van der Waals surface area contributed by atoms with Crippen LogP contribution in [0.25, 0.3) is 0 Å². The molecule has 0 radical (unpaired) electrons. The predicted molar refractivity (Wildman–Crippen MR) is 223 cm³/mol. The molecule has 56 heavy (non-hydrogen) atoms. The van der Waals surface area contributed by atoms with Crippen molar-refractivity contribution in [2.75, 3.05) is 36.6 Å². The number of methoxy groups -OCH3 is 1. The molecule has 4 aromatic rings. The summed E-state index contributed by atoms with van der Waals surface area (Å²) in [7, 11) is -0.892. The minimum Gasteiger partial charge on any atom is -0.497 e. The quantitative estimate of drug-likeness (QED) is 0.154. The molecule has 1 spiro atoms. The van der Waals surface area contributed by atoms with Crippen LogP contribution in [0, 0.1) is 5.92 Å². The van der Waals surface area contributed by atoms with Gasteiger partial charge in [0.25, 0.3) is 5.91 Å². The second-order valence-electron chi connectivity index (χ2n) is 16.2. The maximum absolute atomic E-state index is 15.4. The Bertz CT molecular complexity index is 2010. The van der Waals surface area contributed by atoms with Crippen molar-refractivity contribution in [2.24, 2.45) is 5.92 Å². The number of hydrogen-bond acceptors (Lipinski definition) is 6. The van der Waals surface area contributed by atoms with Gasteiger partial charge < -0.3 is 29.3 Å². The summed E-state index contributed by atoms with van der Waals surface area (Å²) >= 11 is 0. The van der Waals surface area contributed by atoms with Crippen molar-refractivity contribution in [1.82, 2.24) is 4.90 Å². The van der Waals surface area contributed by atoms with Gasteiger partial charge in [-0.05, 0) is 59.8 Å². The number of anilines is 2. The molecule has 1 N–H and O–H groups in total. The molecular formula is C46H55N3O6Si. The Balaban J connectivity index is 1.34. The molecule has 0 aromatic heterocycles. The molecule has 0 aliphatic carbocycles. The molecule has 4 atom stereocenters. The molecule has 3 amide bonds. The van der Waals surface area contributed by atoms with E-state index in [0.717, 1.165) is 59.5 Å². The topological polar surface area (TPSA) is 99.6 Å². The fourth-order valence-corrected chi connectivity index (χ4v) is 13.6. The van der Waals surface area contributed by atoms with Gasteiger partial charge in [-0.3, -0.25) is 14.4 Å². The van der Waals surface area contributed by atoms with Gasteiger partial charge >= 0.3 is 0 Å². The maximum Gasteiger partial charge on any atom is 0.264 e. The lowest BCUT2D eigenvalue weighted by molar-refractivity contribution is -0.150. The first-order valence-corrected chi connectivity index (χ1v) is 23.2. The summed E-state index contributed by atoms with van der Waals surface area (Å²) in [6, 6.07) is 34.0. The number of ether oxygens (including phenoxy) is 2. The van der Waals surface area contributed by atoms with Gasteiger partial charge in [0.15, 0.2) is 5.60 Å². The molecule has 3 aliphatic rings. The van der Waals surface area contributed by atoms with E-state index in [-0.39, 0.29) is 48.8 Å². The lowest BCUT2D eigenvalue weighted by Crippen LogP contribution is -2.52. The summed E-state index contributed by atoms with van der Waals surface area (Å²) in [5, 5.41) is 11.3. The molecule has 0 saturated carbocycles. The summed E-state index contributed by atoms with van der Waals surface area (Å²) < 4.78 is 12.9. The van der Waals surface area contributed by atoms with Crippen molar-refractivity contribution >= 4 is 42.4 Å². The van der Waals surface area contributed by atoms with Crippen molar-refractivity contribution < 1.29 is 29.0 Å². The number of aliphatic hydroxyl groups is 1. The molecule has 2 saturated heterocycles. The lowest BCUT2D eigenvalue weighted by atomic mass is 9.82. The molecule has 7 rings (SSSR count). The third-order valence-electron chi connectivity index (χ3n) is 12.5. The zero-order valence-electron chi connectivity index (χ0n) is 33.2. The standard InChI is InChI=1S/C46H55N3O6Si/c1-33-44(56(3,4)38-23-21-37(54-2)22-24-38)41(30-43(52)47(27-28-50)31-34-15-9-7-10-16-34)55-46(33)39-29-36(48-26-14-6-5-13-19-42(48)51)20-25-40(39)49(45(46)53)32-35-17-11-8-12-18-35/h7-12,15-18,20-25,29,33,41,44,50H,5-6,13-14,19,26-28,30-32H2,1-4H3/t33-,41+,44-,46+/m1/s1. The Morgan fingerprint density at radius 2 is 1.59 bits per heavy atom. The van der Waals surface area contributed by atoms with Gasteiger partial charge in [0.05, 0.1) is 46.5 Å². The van der Waals surface area contributed by atoms with Crippen LogP contribution in [0.3, 0.4) is 0 Å². The number of nitrogens with zero attached hydrogens (tertiary/aromatic N) is 3. The Labute approximate surface area is 332 Å². The minimum absolute atomic E-state index is 0.0573. The van der Waals surface area contributed by atoms with E-state index in [2.05, 4.69) is 32.2 Å². The normalized spacial score (nSPS) is 22.6. The number of aliphatic hydroxyl groups excluding tert-OH is 1. The first-order chi connectivity index (χ1) is 27.1. The van der Waals surface area contributed by atoms with Crippen LogP contribution in [0.15, 0.2) is 103 Å². The summed E-state index contributed by atoms with van der Waals surface area (Å²) in [6.07, 6.45) is 3.87. The van der Waals surface area contributed by atoms with Crippen molar-refractivity contribution in [2.45, 2.75) is 88.9 Å². The molecule has 10 heteroatoms. The lowest BCUT2D eigenvalue weighted by Gasteiger charge is -2.37. The van der Waals surface area contributed by atoms with Gasteiger partial charge in [0.2, 0.25) is 11.8 Å². The van der Waals surface area contributed by atoms with Crippen molar-refractivity contribution in [3.63, 3.8) is 0 Å². The SMILES string of the molecule is COc1ccc([Si](C)(C)[C@H]2[C@H](CC(=O)N(CCO)Cc3ccccc3)O[C@@]3(C(=O)N(Cc4ccccc4)c4ccc(N5CCCCCCC5=O)cc43)[C@@H]2C)cc1. The first kappa shape index (κ1) is 39.5. The molecule has 9 nitrogen and oxygen atoms in total. The van der Waals surface area contributed by atoms with E-state index in [4.69, 9.17) is 9.47 Å². The monoisotopic (exact) mass is 773 g/mol. The van der Waals surface area contributed by atoms with E-state index >= 15 is 4.79 Å². The molecule has 2 fully saturated rings. The first-order valence-electron chi connectivity index (χ1n) is 20.1. The van der Waals surface area contributed by atoms with Crippen LogP contribution in [0.4, 0.5) is 11.4 Å². The minimum atomic E-state index is -2.55. The van der Waals surface area contributed by atoms with Crippen LogP contribution in [0.2, 0.25) is 18.6 Å². The maximum atomic E-state index is 15.4. The van der Waals surface area contributed by atoms with Gasteiger partial charge in [-0.2, -0.15) is 0 Å². The largest absolute Gasteiger partial charge is 0.497 e. The van der Waals surface area contributed by atoms with Crippen LogP contribution in [0.1, 0.15) is 62.1 Å². The van der Waals surface area contributed by atoms with E-state index in [9.17, 15) is 14.7 Å². The van der Waals surface area contributed by atoms with Gasteiger partial charge in [0, 0.05) is 43.2 Å². The smallest absolute Gasteiger partial charge is 0.264 e. The average Bonchev–Trinajstić information content (AvgIpc) is 3.62. The molecule has 0 bridgehead atoms. The Morgan fingerprint density at radius 1 is 0.911 bits per heavy atom. The van der Waals surface area contributed by atoms with Crippen molar-refractivity contribution in [3.8, 4) is 5.75 Å². The molecule has 4 aromatic carbocycles. The summed E-state index contributed by atoms with van der Waals surface area (Å²) in [5.74, 6) is 0.265. The zero-order valence-corrected chi connectivity index (χ0v) is 34.2. The number of amides is 3. The van der Waals surface area contributed by atoms with Crippen LogP contribution >= 0.6 is 0 Å². The van der Waals surface area contributed by atoms with Crippen LogP contribution in [0.5, 0.6) is 5.75 Å². The van der Waals surface area contributed by atoms with Crippen molar-refractivity contribution in [3.05, 3.63) is 120 Å². The second kappa shape index (κ2) is 16.8. The fourth-order valence-electron chi connectivity index (χ4n) is 9.54. The number of benzene rings is 4. The molecular weight excluding hydrogens is 719 g/mol. The number of fused-ring (bicyclic) bond motifs is 2. The van der Waals surface area contributed by atoms with Gasteiger partial charge in [0.1, 0.15) is 5.75 Å². The zero-order chi connectivity index (χ0) is 39.5. The third kappa shape index (κ3) is 7.54. The molecule has 0 unspecified atom stereocenters. The Kier molecular flexibility index (Phi) is 11.8. The predicted octanol–water partition coefficient (Wildman–Crippen LogP) is 7.17. The van der Waals surface area contributed by atoms with Crippen LogP contribution < -0.4 is 19.7 Å². The van der Waals surface area contributed by atoms with Gasteiger partial charge in [-0.1, -0.05) is 111 Å². The average molecular weight is 774 g/mol. The second-order valence-corrected chi connectivity index (χ2v) is 20.9. The van der Waals surface area contributed by atoms with Crippen LogP contribution in [-0.2, 0) is 37.8 Å². The van der Waals surface area contributed by atoms with E-state index < -0.39 is 19.8 Å². The number of rotatable bonds is 12. The van der Waals surface area contributed by atoms with E-state index in [0.29, 0.717) is 26.1 Å². The highest BCUT2D eigenvalue weighted by Crippen LogP contribution is 2.60. The number of carbonyl (C=O) groups excluding carboxylic acids is 3. The molecule has 294 valence electrons. The molecule has 3 heterocycles. The Hall–Kier alpha value is -4.77. The third-order valence-corrected chi connectivity index (χ3v) is 16.8. The molecule has 3 aliphatic heterocycles. The highest BCUT2D eigenvalue weighted by atomic mass is 28.3. The van der Waals surface area contributed by atoms with E-state index in [1.807, 2.05) is 101 Å². The highest BCUT2D eigenvalue weighted by Gasteiger charge is 2.66. The van der Waals surface area contributed by atoms with E-state index in [1.54, 1.807) is 12.0 Å². The summed E-state index contributed by atoms with van der Waals surface area (Å²) in [5.41, 5.74) is 2.73. The fraction of sp³-hybridized carbons (Fsp3) is 0.413. The van der Waals surface area contributed by atoms with Crippen LogP contribution in [-0.4, -0.2) is 68.7 Å². The van der Waals surface area contributed by atoms with E-state index in [1.165, 1.54) is 5.19 Å². The number of hydrogen-bond donors (Lipinski definition) is 1. The Morgan fingerprint density at radius 3 is 2.27 bits per heavy atom. The highest BCUT2D eigenvalue weighted by molar-refractivity contribution is 6.91. The van der Waals surface area contributed by atoms with Gasteiger partial charge in [-0.15, -0.1) is 0 Å². The van der Waals surface area contributed by atoms with Crippen molar-refractivity contribution in [1.29, 1.82) is 0 Å². The summed E-state index contributed by atoms with van der Waals surface area (Å²) in [6.45, 7) is 8.11. The summed E-state index contributed by atoms with van der Waals surface area (Å²) in [4.78, 5) is 48.9. The van der Waals surface area contributed by atoms with Gasteiger partial charge in [-0.25, -0.2) is 0 Å².